The topological polar surface area (TPSA) is 55.7 Å². The van der Waals surface area contributed by atoms with Crippen LogP contribution in [0.25, 0.3) is 10.6 Å². The molecule has 1 atom stereocenters. The van der Waals surface area contributed by atoms with Crippen LogP contribution in [0.3, 0.4) is 0 Å². The van der Waals surface area contributed by atoms with Crippen molar-refractivity contribution < 1.29 is 4.21 Å². The molecule has 0 aliphatic heterocycles. The van der Waals surface area contributed by atoms with Crippen LogP contribution < -0.4 is 0 Å². The number of hydrogen-bond acceptors (Lipinski definition) is 6. The molecule has 0 amide bonds. The monoisotopic (exact) mass is 335 g/mol. The van der Waals surface area contributed by atoms with Gasteiger partial charge in [0.05, 0.1) is 22.2 Å². The van der Waals surface area contributed by atoms with Crippen molar-refractivity contribution in [1.29, 1.82) is 0 Å². The van der Waals surface area contributed by atoms with E-state index in [0.717, 1.165) is 26.3 Å². The molecule has 2 aromatic heterocycles. The van der Waals surface area contributed by atoms with Crippen LogP contribution in [-0.4, -0.2) is 19.4 Å². The first-order chi connectivity index (χ1) is 10.2. The van der Waals surface area contributed by atoms with Gasteiger partial charge in [-0.3, -0.25) is 4.21 Å². The van der Waals surface area contributed by atoms with Gasteiger partial charge in [-0.2, -0.15) is 0 Å². The Bertz CT molecular complexity index is 752. The van der Waals surface area contributed by atoms with Crippen LogP contribution in [-0.2, 0) is 22.3 Å². The zero-order valence-electron chi connectivity index (χ0n) is 11.4. The molecule has 21 heavy (non-hydrogen) atoms. The minimum absolute atomic E-state index is 0.432. The van der Waals surface area contributed by atoms with Gasteiger partial charge in [0, 0.05) is 21.7 Å². The van der Waals surface area contributed by atoms with Crippen LogP contribution in [0.1, 0.15) is 15.7 Å². The Hall–Kier alpha value is -1.44. The van der Waals surface area contributed by atoms with E-state index < -0.39 is 10.8 Å². The highest BCUT2D eigenvalue weighted by molar-refractivity contribution is 7.83. The molecule has 0 saturated heterocycles. The minimum Gasteiger partial charge on any atom is -0.259 e. The lowest BCUT2D eigenvalue weighted by Gasteiger charge is -1.96. The van der Waals surface area contributed by atoms with E-state index in [4.69, 9.17) is 0 Å². The molecule has 108 valence electrons. The number of nitrogens with zero attached hydrogens (tertiary/aromatic N) is 3. The first kappa shape index (κ1) is 14.5. The summed E-state index contributed by atoms with van der Waals surface area (Å²) in [5, 5.41) is 12.9. The number of hydrogen-bond donors (Lipinski definition) is 0. The van der Waals surface area contributed by atoms with Gasteiger partial charge in [-0.15, -0.1) is 21.5 Å². The number of aryl methyl sites for hydroxylation is 1. The fourth-order valence-corrected chi connectivity index (χ4v) is 4.74. The van der Waals surface area contributed by atoms with Crippen molar-refractivity contribution in [3.63, 3.8) is 0 Å². The molecule has 0 aliphatic rings. The van der Waals surface area contributed by atoms with Crippen LogP contribution in [0.5, 0.6) is 0 Å². The summed E-state index contributed by atoms with van der Waals surface area (Å²) in [6, 6.07) is 9.91. The van der Waals surface area contributed by atoms with Crippen LogP contribution >= 0.6 is 22.7 Å². The first-order valence-electron chi connectivity index (χ1n) is 6.34. The van der Waals surface area contributed by atoms with E-state index in [1.807, 2.05) is 42.6 Å². The Kier molecular flexibility index (Phi) is 4.52. The Morgan fingerprint density at radius 2 is 1.95 bits per heavy atom. The molecule has 0 saturated carbocycles. The van der Waals surface area contributed by atoms with Crippen molar-refractivity contribution in [3.05, 3.63) is 51.4 Å². The summed E-state index contributed by atoms with van der Waals surface area (Å²) < 4.78 is 12.2. The Labute approximate surface area is 133 Å². The maximum Gasteiger partial charge on any atom is 0.147 e. The second kappa shape index (κ2) is 6.55. The van der Waals surface area contributed by atoms with Crippen molar-refractivity contribution in [3.8, 4) is 10.6 Å². The molecule has 4 nitrogen and oxygen atoms in total. The van der Waals surface area contributed by atoms with Crippen LogP contribution in [0.2, 0.25) is 0 Å². The number of benzene rings is 1. The van der Waals surface area contributed by atoms with Crippen LogP contribution in [0.4, 0.5) is 0 Å². The third-order valence-corrected chi connectivity index (χ3v) is 5.94. The van der Waals surface area contributed by atoms with E-state index in [9.17, 15) is 4.21 Å². The lowest BCUT2D eigenvalue weighted by molar-refractivity contribution is 0.681. The molecule has 7 heteroatoms. The molecule has 0 unspecified atom stereocenters. The van der Waals surface area contributed by atoms with E-state index in [-0.39, 0.29) is 0 Å². The van der Waals surface area contributed by atoms with E-state index in [2.05, 4.69) is 15.2 Å². The summed E-state index contributed by atoms with van der Waals surface area (Å²) in [5.74, 6) is 0.908. The first-order valence-corrected chi connectivity index (χ1v) is 9.53. The Balaban J connectivity index is 1.66. The molecule has 0 radical (unpaired) electrons. The number of aromatic nitrogens is 3. The summed E-state index contributed by atoms with van der Waals surface area (Å²) in [5.41, 5.74) is 1.94. The molecule has 0 aliphatic carbocycles. The van der Waals surface area contributed by atoms with Gasteiger partial charge < -0.3 is 0 Å². The highest BCUT2D eigenvalue weighted by atomic mass is 32.2. The molecular weight excluding hydrogens is 322 g/mol. The molecular formula is C14H13N3OS3. The maximum atomic E-state index is 12.2. The molecule has 2 heterocycles. The quantitative estimate of drug-likeness (QED) is 0.717. The van der Waals surface area contributed by atoms with Crippen molar-refractivity contribution in [2.24, 2.45) is 0 Å². The zero-order valence-corrected chi connectivity index (χ0v) is 13.8. The highest BCUT2D eigenvalue weighted by Crippen LogP contribution is 2.24. The second-order valence-corrected chi connectivity index (χ2v) is 8.03. The van der Waals surface area contributed by atoms with Crippen molar-refractivity contribution in [2.45, 2.75) is 18.4 Å². The molecule has 0 spiro atoms. The van der Waals surface area contributed by atoms with Gasteiger partial charge in [0.15, 0.2) is 0 Å². The third kappa shape index (κ3) is 3.81. The van der Waals surface area contributed by atoms with Crippen LogP contribution in [0, 0.1) is 6.92 Å². The smallest absolute Gasteiger partial charge is 0.147 e. The number of thiazole rings is 1. The predicted molar refractivity (Wildman–Crippen MR) is 87.7 cm³/mol. The highest BCUT2D eigenvalue weighted by Gasteiger charge is 2.11. The van der Waals surface area contributed by atoms with Crippen LogP contribution in [0.15, 0.2) is 35.7 Å². The molecule has 3 rings (SSSR count). The van der Waals surface area contributed by atoms with Gasteiger partial charge >= 0.3 is 0 Å². The largest absolute Gasteiger partial charge is 0.259 e. The van der Waals surface area contributed by atoms with Gasteiger partial charge in [0.1, 0.15) is 10.0 Å². The van der Waals surface area contributed by atoms with Crippen molar-refractivity contribution in [2.75, 3.05) is 0 Å². The molecule has 0 N–H and O–H groups in total. The normalized spacial score (nSPS) is 12.4. The Morgan fingerprint density at radius 1 is 1.14 bits per heavy atom. The van der Waals surface area contributed by atoms with Crippen molar-refractivity contribution >= 4 is 33.5 Å². The van der Waals surface area contributed by atoms with Gasteiger partial charge in [0.2, 0.25) is 0 Å². The average Bonchev–Trinajstić information content (AvgIpc) is 3.09. The lowest BCUT2D eigenvalue weighted by atomic mass is 10.2. The standard InChI is InChI=1S/C14H13N3OS3/c1-10-15-12(7-19-10)8-21(18)9-13-16-17-14(20-13)11-5-3-2-4-6-11/h2-7H,8-9H2,1H3/t21-/m0/s1. The summed E-state index contributed by atoms with van der Waals surface area (Å²) in [6.45, 7) is 1.95. The van der Waals surface area contributed by atoms with E-state index in [1.54, 1.807) is 11.3 Å². The van der Waals surface area contributed by atoms with Gasteiger partial charge in [-0.05, 0) is 6.92 Å². The summed E-state index contributed by atoms with van der Waals surface area (Å²) >= 11 is 3.08. The zero-order chi connectivity index (χ0) is 14.7. The molecule has 3 aromatic rings. The molecule has 1 aromatic carbocycles. The summed E-state index contributed by atoms with van der Waals surface area (Å²) in [7, 11) is -1.000. The van der Waals surface area contributed by atoms with E-state index in [0.29, 0.717) is 11.5 Å². The summed E-state index contributed by atoms with van der Waals surface area (Å²) in [4.78, 5) is 4.34. The maximum absolute atomic E-state index is 12.2. The summed E-state index contributed by atoms with van der Waals surface area (Å²) in [6.07, 6.45) is 0. The van der Waals surface area contributed by atoms with Gasteiger partial charge in [-0.1, -0.05) is 41.7 Å². The van der Waals surface area contributed by atoms with Gasteiger partial charge in [0.25, 0.3) is 0 Å². The van der Waals surface area contributed by atoms with Crippen molar-refractivity contribution in [1.82, 2.24) is 15.2 Å². The third-order valence-electron chi connectivity index (χ3n) is 2.75. The lowest BCUT2D eigenvalue weighted by Crippen LogP contribution is -1.99. The Morgan fingerprint density at radius 3 is 2.67 bits per heavy atom. The van der Waals surface area contributed by atoms with E-state index >= 15 is 0 Å². The molecule has 0 bridgehead atoms. The van der Waals surface area contributed by atoms with E-state index in [1.165, 1.54) is 11.3 Å². The predicted octanol–water partition coefficient (Wildman–Crippen LogP) is 3.42. The SMILES string of the molecule is Cc1nc(C[S@](=O)Cc2nnc(-c3ccccc3)s2)cs1. The minimum atomic E-state index is -1.000. The second-order valence-electron chi connectivity index (χ2n) is 4.45. The number of rotatable bonds is 5. The average molecular weight is 335 g/mol. The fourth-order valence-electron chi connectivity index (χ4n) is 1.84. The fraction of sp³-hybridized carbons (Fsp3) is 0.214. The van der Waals surface area contributed by atoms with Gasteiger partial charge in [-0.25, -0.2) is 4.98 Å². The molecule has 0 fully saturated rings.